The number of piperazine rings is 1. The highest BCUT2D eigenvalue weighted by Gasteiger charge is 2.25. The largest absolute Gasteiger partial charge is 0.298 e. The van der Waals surface area contributed by atoms with Crippen LogP contribution in [0.25, 0.3) is 0 Å². The average Bonchev–Trinajstić information content (AvgIpc) is 3.03. The van der Waals surface area contributed by atoms with Crippen LogP contribution in [0.1, 0.15) is 31.2 Å². The van der Waals surface area contributed by atoms with Crippen molar-refractivity contribution in [3.8, 4) is 0 Å². The van der Waals surface area contributed by atoms with Crippen LogP contribution in [-0.2, 0) is 6.54 Å². The predicted molar refractivity (Wildman–Crippen MR) is 82.2 cm³/mol. The van der Waals surface area contributed by atoms with Crippen molar-refractivity contribution in [1.29, 1.82) is 0 Å². The monoisotopic (exact) mass is 289 g/mol. The lowest BCUT2D eigenvalue weighted by atomic mass is 10.1. The SMILES string of the molecule is O=[N+]([O-])c1ccc(CN2CCN(C3CCCC3)CC2)cc1. The van der Waals surface area contributed by atoms with Crippen molar-refractivity contribution >= 4 is 5.69 Å². The number of hydrogen-bond acceptors (Lipinski definition) is 4. The minimum absolute atomic E-state index is 0.171. The second-order valence-electron chi connectivity index (χ2n) is 6.17. The highest BCUT2D eigenvalue weighted by atomic mass is 16.6. The summed E-state index contributed by atoms with van der Waals surface area (Å²) in [4.78, 5) is 15.4. The van der Waals surface area contributed by atoms with E-state index in [1.54, 1.807) is 12.1 Å². The number of rotatable bonds is 4. The van der Waals surface area contributed by atoms with E-state index in [4.69, 9.17) is 0 Å². The summed E-state index contributed by atoms with van der Waals surface area (Å²) >= 11 is 0. The second-order valence-corrected chi connectivity index (χ2v) is 6.17. The van der Waals surface area contributed by atoms with Gasteiger partial charge in [-0.3, -0.25) is 19.9 Å². The van der Waals surface area contributed by atoms with Gasteiger partial charge < -0.3 is 0 Å². The Balaban J connectivity index is 1.49. The lowest BCUT2D eigenvalue weighted by Crippen LogP contribution is -2.49. The van der Waals surface area contributed by atoms with Gasteiger partial charge in [0.15, 0.2) is 0 Å². The van der Waals surface area contributed by atoms with E-state index in [9.17, 15) is 10.1 Å². The third kappa shape index (κ3) is 3.60. The maximum atomic E-state index is 10.7. The molecule has 0 atom stereocenters. The van der Waals surface area contributed by atoms with Crippen LogP contribution in [0.3, 0.4) is 0 Å². The molecule has 1 saturated heterocycles. The molecule has 1 saturated carbocycles. The highest BCUT2D eigenvalue weighted by molar-refractivity contribution is 5.32. The molecule has 0 unspecified atom stereocenters. The number of benzene rings is 1. The van der Waals surface area contributed by atoms with E-state index in [0.717, 1.165) is 44.3 Å². The first-order valence-corrected chi connectivity index (χ1v) is 7.92. The molecule has 0 bridgehead atoms. The quantitative estimate of drug-likeness (QED) is 0.631. The van der Waals surface area contributed by atoms with Crippen LogP contribution in [0.2, 0.25) is 0 Å². The van der Waals surface area contributed by atoms with E-state index in [1.807, 2.05) is 12.1 Å². The molecular weight excluding hydrogens is 266 g/mol. The molecule has 0 radical (unpaired) electrons. The van der Waals surface area contributed by atoms with Gasteiger partial charge in [0.1, 0.15) is 0 Å². The molecule has 114 valence electrons. The van der Waals surface area contributed by atoms with Crippen LogP contribution >= 0.6 is 0 Å². The Bertz CT molecular complexity index is 475. The van der Waals surface area contributed by atoms with E-state index >= 15 is 0 Å². The van der Waals surface area contributed by atoms with Gasteiger partial charge in [-0.2, -0.15) is 0 Å². The van der Waals surface area contributed by atoms with Crippen LogP contribution in [0.4, 0.5) is 5.69 Å². The Kier molecular flexibility index (Phi) is 4.51. The molecule has 5 heteroatoms. The fourth-order valence-electron chi connectivity index (χ4n) is 3.54. The molecule has 0 aromatic heterocycles. The minimum Gasteiger partial charge on any atom is -0.298 e. The zero-order valence-corrected chi connectivity index (χ0v) is 12.4. The van der Waals surface area contributed by atoms with Gasteiger partial charge in [0, 0.05) is 50.9 Å². The Labute approximate surface area is 125 Å². The maximum absolute atomic E-state index is 10.7. The molecule has 5 nitrogen and oxygen atoms in total. The Hall–Kier alpha value is -1.46. The van der Waals surface area contributed by atoms with Crippen LogP contribution < -0.4 is 0 Å². The fourth-order valence-corrected chi connectivity index (χ4v) is 3.54. The van der Waals surface area contributed by atoms with Crippen molar-refractivity contribution in [2.45, 2.75) is 38.3 Å². The van der Waals surface area contributed by atoms with Crippen LogP contribution in [0.15, 0.2) is 24.3 Å². The Morgan fingerprint density at radius 1 is 1.05 bits per heavy atom. The van der Waals surface area contributed by atoms with Crippen LogP contribution in [0.5, 0.6) is 0 Å². The molecule has 2 fully saturated rings. The van der Waals surface area contributed by atoms with Crippen molar-refractivity contribution in [3.63, 3.8) is 0 Å². The zero-order chi connectivity index (χ0) is 14.7. The minimum atomic E-state index is -0.343. The van der Waals surface area contributed by atoms with E-state index in [2.05, 4.69) is 9.80 Å². The molecule has 1 aromatic carbocycles. The van der Waals surface area contributed by atoms with E-state index in [0.29, 0.717) is 0 Å². The summed E-state index contributed by atoms with van der Waals surface area (Å²) in [5, 5.41) is 10.7. The number of nitro groups is 1. The van der Waals surface area contributed by atoms with E-state index in [-0.39, 0.29) is 10.6 Å². The second kappa shape index (κ2) is 6.54. The van der Waals surface area contributed by atoms with Crippen molar-refractivity contribution in [2.24, 2.45) is 0 Å². The molecule has 21 heavy (non-hydrogen) atoms. The summed E-state index contributed by atoms with van der Waals surface area (Å²) in [5.74, 6) is 0. The highest BCUT2D eigenvalue weighted by Crippen LogP contribution is 2.24. The molecule has 0 amide bonds. The van der Waals surface area contributed by atoms with Gasteiger partial charge >= 0.3 is 0 Å². The molecule has 1 heterocycles. The zero-order valence-electron chi connectivity index (χ0n) is 12.4. The van der Waals surface area contributed by atoms with Crippen LogP contribution in [-0.4, -0.2) is 46.9 Å². The lowest BCUT2D eigenvalue weighted by Gasteiger charge is -2.38. The third-order valence-corrected chi connectivity index (χ3v) is 4.80. The summed E-state index contributed by atoms with van der Waals surface area (Å²) in [6, 6.07) is 7.78. The smallest absolute Gasteiger partial charge is 0.269 e. The fraction of sp³-hybridized carbons (Fsp3) is 0.625. The first-order chi connectivity index (χ1) is 10.2. The maximum Gasteiger partial charge on any atom is 0.269 e. The summed E-state index contributed by atoms with van der Waals surface area (Å²) < 4.78 is 0. The third-order valence-electron chi connectivity index (χ3n) is 4.80. The van der Waals surface area contributed by atoms with Gasteiger partial charge in [0.05, 0.1) is 4.92 Å². The van der Waals surface area contributed by atoms with Gasteiger partial charge in [-0.25, -0.2) is 0 Å². The predicted octanol–water partition coefficient (Wildman–Crippen LogP) is 2.66. The Morgan fingerprint density at radius 3 is 2.24 bits per heavy atom. The van der Waals surface area contributed by atoms with E-state index < -0.39 is 0 Å². The molecule has 0 N–H and O–H groups in total. The molecule has 1 aliphatic heterocycles. The lowest BCUT2D eigenvalue weighted by molar-refractivity contribution is -0.384. The molecule has 2 aliphatic rings. The number of non-ortho nitro benzene ring substituents is 1. The standard InChI is InChI=1S/C16H23N3O2/c20-19(21)16-7-5-14(6-8-16)13-17-9-11-18(12-10-17)15-3-1-2-4-15/h5-8,15H,1-4,9-13H2. The first-order valence-electron chi connectivity index (χ1n) is 7.92. The average molecular weight is 289 g/mol. The molecular formula is C16H23N3O2. The van der Waals surface area contributed by atoms with Gasteiger partial charge in [0.2, 0.25) is 0 Å². The summed E-state index contributed by atoms with van der Waals surface area (Å²) in [6.07, 6.45) is 5.55. The summed E-state index contributed by atoms with van der Waals surface area (Å²) in [5.41, 5.74) is 1.33. The van der Waals surface area contributed by atoms with Crippen molar-refractivity contribution in [3.05, 3.63) is 39.9 Å². The van der Waals surface area contributed by atoms with Gasteiger partial charge in [-0.15, -0.1) is 0 Å². The summed E-state index contributed by atoms with van der Waals surface area (Å²) in [6.45, 7) is 5.44. The number of hydrogen-bond donors (Lipinski definition) is 0. The van der Waals surface area contributed by atoms with Gasteiger partial charge in [0.25, 0.3) is 5.69 Å². The van der Waals surface area contributed by atoms with Gasteiger partial charge in [-0.1, -0.05) is 25.0 Å². The molecule has 0 spiro atoms. The molecule has 1 aliphatic carbocycles. The van der Waals surface area contributed by atoms with Crippen molar-refractivity contribution < 1.29 is 4.92 Å². The van der Waals surface area contributed by atoms with Crippen molar-refractivity contribution in [1.82, 2.24) is 9.80 Å². The number of nitrogens with zero attached hydrogens (tertiary/aromatic N) is 3. The first kappa shape index (κ1) is 14.5. The van der Waals surface area contributed by atoms with Crippen LogP contribution in [0, 0.1) is 10.1 Å². The van der Waals surface area contributed by atoms with E-state index in [1.165, 1.54) is 25.7 Å². The number of nitro benzene ring substituents is 1. The molecule has 3 rings (SSSR count). The summed E-state index contributed by atoms with van der Waals surface area (Å²) in [7, 11) is 0. The Morgan fingerprint density at radius 2 is 1.67 bits per heavy atom. The molecule has 1 aromatic rings. The normalized spacial score (nSPS) is 21.7. The van der Waals surface area contributed by atoms with Gasteiger partial charge in [-0.05, 0) is 18.4 Å². The topological polar surface area (TPSA) is 49.6 Å². The van der Waals surface area contributed by atoms with Crippen molar-refractivity contribution in [2.75, 3.05) is 26.2 Å².